The molecule has 0 spiro atoms. The van der Waals surface area contributed by atoms with Crippen LogP contribution in [0.5, 0.6) is 5.75 Å². The summed E-state index contributed by atoms with van der Waals surface area (Å²) in [5.41, 5.74) is 1.43. The number of carbonyl (C=O) groups excluding carboxylic acids is 3. The molecule has 0 unspecified atom stereocenters. The third kappa shape index (κ3) is 4.50. The third-order valence-electron chi connectivity index (χ3n) is 4.69. The van der Waals surface area contributed by atoms with Crippen LogP contribution in [0.25, 0.3) is 10.9 Å². The first-order valence-corrected chi connectivity index (χ1v) is 9.92. The lowest BCUT2D eigenvalue weighted by Crippen LogP contribution is -2.41. The lowest BCUT2D eigenvalue weighted by atomic mass is 10.1. The highest BCUT2D eigenvalue weighted by Gasteiger charge is 2.32. The van der Waals surface area contributed by atoms with Crippen LogP contribution in [0.1, 0.15) is 43.7 Å². The second-order valence-electron chi connectivity index (χ2n) is 8.12. The largest absolute Gasteiger partial charge is 0.492 e. The van der Waals surface area contributed by atoms with E-state index in [1.54, 1.807) is 37.8 Å². The van der Waals surface area contributed by atoms with E-state index in [1.165, 1.54) is 7.05 Å². The summed E-state index contributed by atoms with van der Waals surface area (Å²) in [5, 5.41) is 3.33. The van der Waals surface area contributed by atoms with Crippen LogP contribution in [0.15, 0.2) is 18.2 Å². The molecule has 0 saturated heterocycles. The molecular weight excluding hydrogens is 388 g/mol. The van der Waals surface area contributed by atoms with Crippen LogP contribution in [0.4, 0.5) is 9.59 Å². The van der Waals surface area contributed by atoms with E-state index < -0.39 is 11.7 Å². The number of amides is 4. The molecule has 0 saturated carbocycles. The topological polar surface area (TPSA) is 104 Å². The van der Waals surface area contributed by atoms with Crippen LogP contribution in [-0.2, 0) is 11.3 Å². The number of hydrogen-bond acceptors (Lipinski definition) is 5. The Morgan fingerprint density at radius 3 is 2.67 bits per heavy atom. The van der Waals surface area contributed by atoms with Gasteiger partial charge >= 0.3 is 12.1 Å². The first-order valence-electron chi connectivity index (χ1n) is 9.92. The molecule has 9 nitrogen and oxygen atoms in total. The minimum absolute atomic E-state index is 0.243. The van der Waals surface area contributed by atoms with Crippen molar-refractivity contribution in [3.8, 4) is 5.75 Å². The number of aromatic amines is 1. The molecular formula is C21H28N4O5. The number of urea groups is 1. The summed E-state index contributed by atoms with van der Waals surface area (Å²) in [6.07, 6.45) is -0.503. The minimum atomic E-state index is -0.559. The standard InChI is InChI=1S/C21H28N4O5/c1-6-25-12-16-17(18(26)24(5)20(25)28)14-11-13(7-8-15(14)23-16)29-10-9-22-19(27)30-21(2,3)4/h7-8,11,23H,6,9-10,12H2,1-5H3,(H,22,27). The molecule has 1 aliphatic rings. The van der Waals surface area contributed by atoms with E-state index in [4.69, 9.17) is 9.47 Å². The molecule has 9 heteroatoms. The summed E-state index contributed by atoms with van der Waals surface area (Å²) in [7, 11) is 1.49. The quantitative estimate of drug-likeness (QED) is 0.729. The van der Waals surface area contributed by atoms with Gasteiger partial charge in [0.2, 0.25) is 0 Å². The van der Waals surface area contributed by atoms with Gasteiger partial charge in [-0.1, -0.05) is 0 Å². The van der Waals surface area contributed by atoms with Crippen LogP contribution < -0.4 is 10.1 Å². The molecule has 0 fully saturated rings. The summed E-state index contributed by atoms with van der Waals surface area (Å²) >= 11 is 0. The minimum Gasteiger partial charge on any atom is -0.492 e. The molecule has 0 radical (unpaired) electrons. The Labute approximate surface area is 175 Å². The maximum absolute atomic E-state index is 12.9. The smallest absolute Gasteiger partial charge is 0.407 e. The first-order chi connectivity index (χ1) is 14.1. The van der Waals surface area contributed by atoms with Crippen molar-refractivity contribution in [1.82, 2.24) is 20.1 Å². The second-order valence-corrected chi connectivity index (χ2v) is 8.12. The Morgan fingerprint density at radius 2 is 2.00 bits per heavy atom. The summed E-state index contributed by atoms with van der Waals surface area (Å²) < 4.78 is 10.9. The van der Waals surface area contributed by atoms with Crippen molar-refractivity contribution >= 4 is 28.9 Å². The van der Waals surface area contributed by atoms with Gasteiger partial charge in [0.05, 0.1) is 18.7 Å². The number of fused-ring (bicyclic) bond motifs is 3. The van der Waals surface area contributed by atoms with Crippen molar-refractivity contribution in [3.63, 3.8) is 0 Å². The second kappa shape index (κ2) is 8.25. The number of alkyl carbamates (subject to hydrolysis) is 1. The van der Waals surface area contributed by atoms with Gasteiger partial charge in [0.25, 0.3) is 5.91 Å². The zero-order valence-electron chi connectivity index (χ0n) is 18.0. The third-order valence-corrected chi connectivity index (χ3v) is 4.69. The molecule has 2 N–H and O–H groups in total. The number of H-pyrrole nitrogens is 1. The number of hydrogen-bond donors (Lipinski definition) is 2. The Balaban J connectivity index is 1.73. The number of imide groups is 1. The van der Waals surface area contributed by atoms with E-state index >= 15 is 0 Å². The van der Waals surface area contributed by atoms with Crippen LogP contribution in [0.3, 0.4) is 0 Å². The fraction of sp³-hybridized carbons (Fsp3) is 0.476. The zero-order valence-corrected chi connectivity index (χ0v) is 18.0. The van der Waals surface area contributed by atoms with E-state index in [0.29, 0.717) is 35.5 Å². The van der Waals surface area contributed by atoms with Crippen molar-refractivity contribution in [2.24, 2.45) is 0 Å². The Hall–Kier alpha value is -3.23. The van der Waals surface area contributed by atoms with Gasteiger partial charge in [0.15, 0.2) is 0 Å². The van der Waals surface area contributed by atoms with Gasteiger partial charge in [-0.05, 0) is 45.9 Å². The highest BCUT2D eigenvalue weighted by molar-refractivity contribution is 6.13. The maximum Gasteiger partial charge on any atom is 0.407 e. The monoisotopic (exact) mass is 416 g/mol. The van der Waals surface area contributed by atoms with Crippen molar-refractivity contribution in [2.45, 2.75) is 39.8 Å². The van der Waals surface area contributed by atoms with E-state index in [0.717, 1.165) is 10.4 Å². The molecule has 1 aliphatic heterocycles. The number of benzene rings is 1. The molecule has 2 aromatic rings. The van der Waals surface area contributed by atoms with Gasteiger partial charge in [0, 0.05) is 30.2 Å². The Morgan fingerprint density at radius 1 is 1.27 bits per heavy atom. The summed E-state index contributed by atoms with van der Waals surface area (Å²) in [6, 6.07) is 5.09. The molecule has 1 aromatic heterocycles. The maximum atomic E-state index is 12.9. The highest BCUT2D eigenvalue weighted by Crippen LogP contribution is 2.30. The zero-order chi connectivity index (χ0) is 22.1. The van der Waals surface area contributed by atoms with Gasteiger partial charge in [-0.3, -0.25) is 9.69 Å². The number of rotatable bonds is 5. The fourth-order valence-corrected chi connectivity index (χ4v) is 3.29. The molecule has 0 aliphatic carbocycles. The lowest BCUT2D eigenvalue weighted by Gasteiger charge is -2.22. The van der Waals surface area contributed by atoms with Gasteiger partial charge in [-0.25, -0.2) is 9.59 Å². The molecule has 30 heavy (non-hydrogen) atoms. The van der Waals surface area contributed by atoms with E-state index in [-0.39, 0.29) is 25.1 Å². The van der Waals surface area contributed by atoms with E-state index in [2.05, 4.69) is 10.3 Å². The molecule has 162 valence electrons. The Bertz CT molecular complexity index is 976. The molecule has 1 aromatic carbocycles. The SMILES string of the molecule is CCN1Cc2[nH]c3ccc(OCCNC(=O)OC(C)(C)C)cc3c2C(=O)N(C)C1=O. The number of nitrogens with one attached hydrogen (secondary N) is 2. The van der Waals surface area contributed by atoms with Gasteiger partial charge < -0.3 is 24.7 Å². The van der Waals surface area contributed by atoms with Crippen LogP contribution in [0.2, 0.25) is 0 Å². The van der Waals surface area contributed by atoms with Crippen LogP contribution in [0, 0.1) is 0 Å². The number of nitrogens with zero attached hydrogens (tertiary/aromatic N) is 2. The first kappa shape index (κ1) is 21.5. The molecule has 3 rings (SSSR count). The number of carbonyl (C=O) groups is 3. The van der Waals surface area contributed by atoms with E-state index in [9.17, 15) is 14.4 Å². The molecule has 0 atom stereocenters. The summed E-state index contributed by atoms with van der Waals surface area (Å²) in [6.45, 7) is 8.63. The predicted octanol–water partition coefficient (Wildman–Crippen LogP) is 3.10. The van der Waals surface area contributed by atoms with Gasteiger partial charge in [-0.2, -0.15) is 0 Å². The average molecular weight is 416 g/mol. The van der Waals surface area contributed by atoms with Gasteiger partial charge in [0.1, 0.15) is 18.0 Å². The number of aromatic nitrogens is 1. The molecule has 2 heterocycles. The molecule has 0 bridgehead atoms. The van der Waals surface area contributed by atoms with E-state index in [1.807, 2.05) is 13.0 Å². The van der Waals surface area contributed by atoms with Crippen LogP contribution >= 0.6 is 0 Å². The lowest BCUT2D eigenvalue weighted by molar-refractivity contribution is 0.0520. The molecule has 4 amide bonds. The van der Waals surface area contributed by atoms with Crippen molar-refractivity contribution < 1.29 is 23.9 Å². The Kier molecular flexibility index (Phi) is 5.91. The highest BCUT2D eigenvalue weighted by atomic mass is 16.6. The average Bonchev–Trinajstić information content (AvgIpc) is 2.99. The van der Waals surface area contributed by atoms with Crippen molar-refractivity contribution in [2.75, 3.05) is 26.7 Å². The van der Waals surface area contributed by atoms with Crippen LogP contribution in [-0.4, -0.2) is 65.2 Å². The van der Waals surface area contributed by atoms with Crippen molar-refractivity contribution in [1.29, 1.82) is 0 Å². The van der Waals surface area contributed by atoms with Crippen molar-refractivity contribution in [3.05, 3.63) is 29.5 Å². The van der Waals surface area contributed by atoms with Gasteiger partial charge in [-0.15, -0.1) is 0 Å². The fourth-order valence-electron chi connectivity index (χ4n) is 3.29. The normalized spacial score (nSPS) is 14.6. The summed E-state index contributed by atoms with van der Waals surface area (Å²) in [4.78, 5) is 43.0. The number of ether oxygens (including phenoxy) is 2. The summed E-state index contributed by atoms with van der Waals surface area (Å²) in [5.74, 6) is 0.217. The predicted molar refractivity (Wildman–Crippen MR) is 112 cm³/mol.